The van der Waals surface area contributed by atoms with Crippen LogP contribution in [0.1, 0.15) is 59.1 Å². The monoisotopic (exact) mass is 475 g/mol. The Morgan fingerprint density at radius 2 is 2.09 bits per heavy atom. The fraction of sp³-hybridized carbons (Fsp3) is 0.346. The Hall–Kier alpha value is -4.01. The van der Waals surface area contributed by atoms with Crippen molar-refractivity contribution in [2.24, 2.45) is 5.92 Å². The van der Waals surface area contributed by atoms with Crippen LogP contribution >= 0.6 is 0 Å². The van der Waals surface area contributed by atoms with E-state index in [1.165, 1.54) is 12.3 Å². The number of rotatable bonds is 7. The van der Waals surface area contributed by atoms with E-state index in [1.807, 2.05) is 24.1 Å². The molecule has 1 atom stereocenters. The molecule has 5 rings (SSSR count). The summed E-state index contributed by atoms with van der Waals surface area (Å²) in [4.78, 5) is 40.8. The highest BCUT2D eigenvalue weighted by molar-refractivity contribution is 6.03. The molecule has 0 radical (unpaired) electrons. The van der Waals surface area contributed by atoms with Crippen molar-refractivity contribution < 1.29 is 18.4 Å². The molecule has 9 heteroatoms. The molecule has 2 aliphatic rings. The smallest absolute Gasteiger partial charge is 0.228 e. The average Bonchev–Trinajstić information content (AvgIpc) is 3.72. The fourth-order valence-electron chi connectivity index (χ4n) is 4.31. The van der Waals surface area contributed by atoms with Gasteiger partial charge in [0.2, 0.25) is 5.91 Å². The highest BCUT2D eigenvalue weighted by Gasteiger charge is 2.33. The van der Waals surface area contributed by atoms with Gasteiger partial charge < -0.3 is 20.3 Å². The third kappa shape index (κ3) is 4.07. The molecule has 0 spiro atoms. The van der Waals surface area contributed by atoms with Gasteiger partial charge in [0.1, 0.15) is 11.6 Å². The lowest BCUT2D eigenvalue weighted by Crippen LogP contribution is -2.28. The molecule has 3 aromatic heterocycles. The van der Waals surface area contributed by atoms with Gasteiger partial charge in [0.05, 0.1) is 47.5 Å². The van der Waals surface area contributed by atoms with Crippen molar-refractivity contribution in [1.82, 2.24) is 15.0 Å². The number of fused-ring (bicyclic) bond motifs is 3. The van der Waals surface area contributed by atoms with E-state index in [2.05, 4.69) is 32.5 Å². The molecule has 0 unspecified atom stereocenters. The number of ether oxygens (including phenoxy) is 1. The van der Waals surface area contributed by atoms with E-state index in [-0.39, 0.29) is 34.9 Å². The first-order valence-electron chi connectivity index (χ1n) is 12.9. The van der Waals surface area contributed by atoms with Gasteiger partial charge in [-0.25, -0.2) is 9.97 Å². The molecule has 4 heterocycles. The molecule has 0 bridgehead atoms. The topological polar surface area (TPSA) is 109 Å². The number of carbonyl (C=O) groups is 2. The summed E-state index contributed by atoms with van der Waals surface area (Å²) < 4.78 is 28.3. The Morgan fingerprint density at radius 3 is 2.83 bits per heavy atom. The molecule has 1 amide bonds. The van der Waals surface area contributed by atoms with E-state index in [0.717, 1.165) is 29.7 Å². The summed E-state index contributed by atoms with van der Waals surface area (Å²) >= 11 is 0. The largest absolute Gasteiger partial charge is 0.494 e. The molecule has 9 nitrogen and oxygen atoms in total. The van der Waals surface area contributed by atoms with Gasteiger partial charge in [-0.1, -0.05) is 12.9 Å². The third-order valence-electron chi connectivity index (χ3n) is 6.52. The normalized spacial score (nSPS) is 17.9. The van der Waals surface area contributed by atoms with Crippen LogP contribution in [0.15, 0.2) is 36.8 Å². The summed E-state index contributed by atoms with van der Waals surface area (Å²) in [5.41, 5.74) is 3.61. The van der Waals surface area contributed by atoms with Gasteiger partial charge in [0.25, 0.3) is 0 Å². The van der Waals surface area contributed by atoms with Crippen molar-refractivity contribution in [2.45, 2.75) is 39.1 Å². The van der Waals surface area contributed by atoms with Crippen LogP contribution in [0.5, 0.6) is 5.75 Å². The maximum absolute atomic E-state index is 13.0. The number of carbonyl (C=O) groups excluding carboxylic acids is 2. The first kappa shape index (κ1) is 19.3. The van der Waals surface area contributed by atoms with Crippen molar-refractivity contribution in [1.29, 1.82) is 0 Å². The summed E-state index contributed by atoms with van der Waals surface area (Å²) in [7, 11) is 3.49. The van der Waals surface area contributed by atoms with Crippen LogP contribution in [0.2, 0.25) is 0 Å². The predicted octanol–water partition coefficient (Wildman–Crippen LogP) is 4.74. The molecule has 1 saturated carbocycles. The van der Waals surface area contributed by atoms with Crippen molar-refractivity contribution >= 4 is 34.7 Å². The van der Waals surface area contributed by atoms with Gasteiger partial charge in [-0.3, -0.25) is 14.6 Å². The minimum atomic E-state index is -2.45. The highest BCUT2D eigenvalue weighted by Crippen LogP contribution is 2.50. The zero-order valence-corrected chi connectivity index (χ0v) is 19.8. The molecular weight excluding hydrogens is 444 g/mol. The van der Waals surface area contributed by atoms with Crippen LogP contribution in [0, 0.1) is 5.92 Å². The maximum Gasteiger partial charge on any atom is 0.228 e. The van der Waals surface area contributed by atoms with Crippen LogP contribution < -0.4 is 20.3 Å². The second kappa shape index (κ2) is 8.98. The van der Waals surface area contributed by atoms with E-state index in [9.17, 15) is 9.59 Å². The number of amides is 1. The summed E-state index contributed by atoms with van der Waals surface area (Å²) in [6, 6.07) is 5.40. The first-order chi connectivity index (χ1) is 18.1. The quantitative estimate of drug-likeness (QED) is 0.472. The van der Waals surface area contributed by atoms with Gasteiger partial charge in [-0.05, 0) is 25.8 Å². The summed E-state index contributed by atoms with van der Waals surface area (Å²) in [5, 5.41) is 6.01. The van der Waals surface area contributed by atoms with Crippen LogP contribution in [-0.2, 0) is 4.79 Å². The van der Waals surface area contributed by atoms with Gasteiger partial charge >= 0.3 is 0 Å². The molecule has 35 heavy (non-hydrogen) atoms. The Kier molecular flexibility index (Phi) is 4.95. The Morgan fingerprint density at radius 1 is 1.26 bits per heavy atom. The lowest BCUT2D eigenvalue weighted by Gasteiger charge is -2.36. The van der Waals surface area contributed by atoms with Crippen LogP contribution in [0.25, 0.3) is 11.3 Å². The minimum absolute atomic E-state index is 0.0388. The van der Waals surface area contributed by atoms with Crippen molar-refractivity contribution in [3.05, 3.63) is 47.9 Å². The number of hydrogen-bond acceptors (Lipinski definition) is 8. The number of anilines is 4. The van der Waals surface area contributed by atoms with Crippen LogP contribution in [0.3, 0.4) is 0 Å². The molecule has 0 aromatic carbocycles. The maximum atomic E-state index is 13.0. The first-order valence-corrected chi connectivity index (χ1v) is 11.4. The molecule has 1 aliphatic heterocycles. The number of nitrogens with one attached hydrogen (secondary N) is 2. The molecule has 1 fully saturated rings. The summed E-state index contributed by atoms with van der Waals surface area (Å²) in [6.07, 6.45) is 5.58. The van der Waals surface area contributed by atoms with Gasteiger partial charge in [0.15, 0.2) is 11.6 Å². The molecule has 2 N–H and O–H groups in total. The SMILES string of the molecule is [2H]C([2H])([2H])CC(=O)c1cnc(NC(=O)C2CC2)cc1Nc1ncc(OC)c2c1N(C)[C@@H](C)c1cccnc1-2. The zero-order chi connectivity index (χ0) is 27.2. The standard InChI is InChI=1S/C26H28N6O3/c1-5-19(33)17-12-28-21(31-26(34)15-8-9-15)11-18(17)30-25-24-22(20(35-4)13-29-25)23-16(7-6-10-27-23)14(2)32(24)3/h6-7,10-15H,5,8-9H2,1-4H3,(H2,28,29,30,31,34)/t14-/m0/s1/i1D3. The molecule has 0 saturated heterocycles. The predicted molar refractivity (Wildman–Crippen MR) is 134 cm³/mol. The third-order valence-corrected chi connectivity index (χ3v) is 6.52. The number of Topliss-reactive ketones (excluding diaryl/α,β-unsaturated/α-hetero) is 1. The van der Waals surface area contributed by atoms with E-state index >= 15 is 0 Å². The zero-order valence-electron chi connectivity index (χ0n) is 22.8. The number of nitrogens with zero attached hydrogens (tertiary/aromatic N) is 4. The van der Waals surface area contributed by atoms with Crippen LogP contribution in [-0.4, -0.2) is 40.8 Å². The minimum Gasteiger partial charge on any atom is -0.494 e. The average molecular weight is 476 g/mol. The molecule has 3 aromatic rings. The summed E-state index contributed by atoms with van der Waals surface area (Å²) in [6.45, 7) is -0.397. The molecular formula is C26H28N6O3. The van der Waals surface area contributed by atoms with Crippen molar-refractivity contribution in [3.8, 4) is 17.0 Å². The van der Waals surface area contributed by atoms with Crippen molar-refractivity contribution in [3.63, 3.8) is 0 Å². The van der Waals surface area contributed by atoms with Gasteiger partial charge in [-0.15, -0.1) is 0 Å². The number of ketones is 1. The molecule has 180 valence electrons. The van der Waals surface area contributed by atoms with Gasteiger partial charge in [0, 0.05) is 47.5 Å². The van der Waals surface area contributed by atoms with Gasteiger partial charge in [-0.2, -0.15) is 0 Å². The van der Waals surface area contributed by atoms with E-state index in [4.69, 9.17) is 8.85 Å². The van der Waals surface area contributed by atoms with E-state index in [1.54, 1.807) is 19.5 Å². The lowest BCUT2D eigenvalue weighted by atomic mass is 9.93. The highest BCUT2D eigenvalue weighted by atomic mass is 16.5. The van der Waals surface area contributed by atoms with E-state index in [0.29, 0.717) is 17.3 Å². The van der Waals surface area contributed by atoms with Crippen molar-refractivity contribution in [2.75, 3.05) is 29.7 Å². The second-order valence-electron chi connectivity index (χ2n) is 8.73. The van der Waals surface area contributed by atoms with Crippen LogP contribution in [0.4, 0.5) is 23.0 Å². The number of pyridine rings is 3. The fourth-order valence-corrected chi connectivity index (χ4v) is 4.31. The number of aromatic nitrogens is 3. The van der Waals surface area contributed by atoms with E-state index < -0.39 is 19.1 Å². The molecule has 1 aliphatic carbocycles. The number of methoxy groups -OCH3 is 1. The lowest BCUT2D eigenvalue weighted by molar-refractivity contribution is -0.117. The Balaban J connectivity index is 1.61. The Bertz CT molecular complexity index is 1420. The number of hydrogen-bond donors (Lipinski definition) is 2. The summed E-state index contributed by atoms with van der Waals surface area (Å²) in [5.74, 6) is 0.432. The Labute approximate surface area is 208 Å². The second-order valence-corrected chi connectivity index (χ2v) is 8.73.